The van der Waals surface area contributed by atoms with Crippen molar-refractivity contribution < 1.29 is 9.90 Å². The number of rotatable bonds is 7. The van der Waals surface area contributed by atoms with E-state index in [2.05, 4.69) is 6.92 Å². The summed E-state index contributed by atoms with van der Waals surface area (Å²) >= 11 is 0. The molecule has 3 N–H and O–H groups in total. The molecule has 0 spiro atoms. The van der Waals surface area contributed by atoms with Gasteiger partial charge in [0.25, 0.3) is 0 Å². The van der Waals surface area contributed by atoms with Crippen LogP contribution >= 0.6 is 0 Å². The first-order valence-corrected chi connectivity index (χ1v) is 7.72. The van der Waals surface area contributed by atoms with Crippen molar-refractivity contribution in [2.75, 3.05) is 0 Å². The van der Waals surface area contributed by atoms with Crippen molar-refractivity contribution in [1.29, 1.82) is 0 Å². The number of aromatic hydroxyl groups is 1. The van der Waals surface area contributed by atoms with Crippen LogP contribution in [0.3, 0.4) is 0 Å². The molecule has 0 aliphatic carbocycles. The Morgan fingerprint density at radius 2 is 1.73 bits per heavy atom. The van der Waals surface area contributed by atoms with Gasteiger partial charge < -0.3 is 10.8 Å². The van der Waals surface area contributed by atoms with Crippen molar-refractivity contribution >= 4 is 5.91 Å². The fourth-order valence-corrected chi connectivity index (χ4v) is 2.89. The number of phenols is 1. The third-order valence-electron chi connectivity index (χ3n) is 4.20. The van der Waals surface area contributed by atoms with Crippen LogP contribution < -0.4 is 5.73 Å². The van der Waals surface area contributed by atoms with Crippen LogP contribution in [0.4, 0.5) is 0 Å². The zero-order valence-corrected chi connectivity index (χ0v) is 13.0. The number of nitrogens with two attached hydrogens (primary N) is 1. The predicted molar refractivity (Wildman–Crippen MR) is 88.7 cm³/mol. The van der Waals surface area contributed by atoms with E-state index in [0.29, 0.717) is 12.8 Å². The number of primary amides is 1. The molecule has 0 aliphatic rings. The number of carbonyl (C=O) groups is 1. The Morgan fingerprint density at radius 3 is 2.27 bits per heavy atom. The molecule has 22 heavy (non-hydrogen) atoms. The van der Waals surface area contributed by atoms with Crippen molar-refractivity contribution in [1.82, 2.24) is 0 Å². The summed E-state index contributed by atoms with van der Waals surface area (Å²) in [4.78, 5) is 12.4. The van der Waals surface area contributed by atoms with Crippen LogP contribution in [0, 0.1) is 0 Å². The summed E-state index contributed by atoms with van der Waals surface area (Å²) in [6.45, 7) is 2.10. The Morgan fingerprint density at radius 1 is 1.09 bits per heavy atom. The van der Waals surface area contributed by atoms with Gasteiger partial charge >= 0.3 is 0 Å². The first-order chi connectivity index (χ1) is 10.6. The van der Waals surface area contributed by atoms with E-state index in [-0.39, 0.29) is 11.7 Å². The van der Waals surface area contributed by atoms with Gasteiger partial charge in [-0.15, -0.1) is 0 Å². The van der Waals surface area contributed by atoms with Crippen LogP contribution in [-0.4, -0.2) is 11.0 Å². The summed E-state index contributed by atoms with van der Waals surface area (Å²) in [5.41, 5.74) is 7.06. The van der Waals surface area contributed by atoms with Gasteiger partial charge in [-0.05, 0) is 36.1 Å². The highest BCUT2D eigenvalue weighted by molar-refractivity contribution is 5.87. The van der Waals surface area contributed by atoms with Crippen LogP contribution in [0.1, 0.15) is 37.3 Å². The molecule has 2 rings (SSSR count). The van der Waals surface area contributed by atoms with Crippen LogP contribution in [-0.2, 0) is 16.6 Å². The topological polar surface area (TPSA) is 63.3 Å². The number of carbonyl (C=O) groups excluding carboxylic acids is 1. The second kappa shape index (κ2) is 7.12. The molecule has 0 heterocycles. The molecule has 3 heteroatoms. The minimum atomic E-state index is -0.731. The molecule has 3 nitrogen and oxygen atoms in total. The molecule has 1 atom stereocenters. The zero-order chi connectivity index (χ0) is 16.0. The molecule has 0 aliphatic heterocycles. The Kier molecular flexibility index (Phi) is 5.21. The molecule has 1 amide bonds. The molecule has 0 bridgehead atoms. The standard InChI is InChI=1S/C19H23NO2/c1-2-3-13-19(18(20)22,14-15-7-5-4-6-8-15)16-9-11-17(21)12-10-16/h4-12,21H,2-3,13-14H2,1H3,(H2,20,22). The van der Waals surface area contributed by atoms with Gasteiger partial charge in [-0.1, -0.05) is 62.2 Å². The maximum Gasteiger partial charge on any atom is 0.228 e. The van der Waals surface area contributed by atoms with E-state index < -0.39 is 5.41 Å². The second-order valence-corrected chi connectivity index (χ2v) is 5.76. The van der Waals surface area contributed by atoms with E-state index >= 15 is 0 Å². The summed E-state index contributed by atoms with van der Waals surface area (Å²) in [7, 11) is 0. The van der Waals surface area contributed by atoms with Gasteiger partial charge in [-0.25, -0.2) is 0 Å². The molecule has 1 unspecified atom stereocenters. The van der Waals surface area contributed by atoms with Gasteiger partial charge in [0.05, 0.1) is 5.41 Å². The van der Waals surface area contributed by atoms with E-state index in [0.717, 1.165) is 24.0 Å². The fourth-order valence-electron chi connectivity index (χ4n) is 2.89. The Hall–Kier alpha value is -2.29. The normalized spacial score (nSPS) is 13.5. The maximum absolute atomic E-state index is 12.4. The zero-order valence-electron chi connectivity index (χ0n) is 13.0. The lowest BCUT2D eigenvalue weighted by molar-refractivity contribution is -0.123. The minimum Gasteiger partial charge on any atom is -0.508 e. The van der Waals surface area contributed by atoms with Crippen molar-refractivity contribution in [2.45, 2.75) is 38.0 Å². The minimum absolute atomic E-state index is 0.192. The summed E-state index contributed by atoms with van der Waals surface area (Å²) in [6, 6.07) is 16.8. The molecule has 2 aromatic rings. The number of hydrogen-bond donors (Lipinski definition) is 2. The third kappa shape index (κ3) is 3.48. The monoisotopic (exact) mass is 297 g/mol. The molecule has 0 saturated heterocycles. The number of phenolic OH excluding ortho intramolecular Hbond substituents is 1. The predicted octanol–water partition coefficient (Wildman–Crippen LogP) is 3.55. The quantitative estimate of drug-likeness (QED) is 0.821. The van der Waals surface area contributed by atoms with Gasteiger partial charge in [0.1, 0.15) is 5.75 Å². The molecular weight excluding hydrogens is 274 g/mol. The SMILES string of the molecule is CCCCC(Cc1ccccc1)(C(N)=O)c1ccc(O)cc1. The number of benzene rings is 2. The first kappa shape index (κ1) is 16.1. The average molecular weight is 297 g/mol. The van der Waals surface area contributed by atoms with Gasteiger partial charge in [-0.2, -0.15) is 0 Å². The van der Waals surface area contributed by atoms with Crippen molar-refractivity contribution in [2.24, 2.45) is 5.73 Å². The van der Waals surface area contributed by atoms with E-state index in [1.165, 1.54) is 0 Å². The van der Waals surface area contributed by atoms with Crippen molar-refractivity contribution in [3.63, 3.8) is 0 Å². The van der Waals surface area contributed by atoms with Gasteiger partial charge in [-0.3, -0.25) is 4.79 Å². The van der Waals surface area contributed by atoms with E-state index in [4.69, 9.17) is 5.73 Å². The smallest absolute Gasteiger partial charge is 0.228 e. The van der Waals surface area contributed by atoms with E-state index in [9.17, 15) is 9.90 Å². The van der Waals surface area contributed by atoms with Gasteiger partial charge in [0.2, 0.25) is 5.91 Å². The summed E-state index contributed by atoms with van der Waals surface area (Å²) in [5, 5.41) is 9.51. The maximum atomic E-state index is 12.4. The average Bonchev–Trinajstić information content (AvgIpc) is 2.53. The number of unbranched alkanes of at least 4 members (excludes halogenated alkanes) is 1. The molecule has 116 valence electrons. The van der Waals surface area contributed by atoms with Crippen molar-refractivity contribution in [3.05, 3.63) is 65.7 Å². The third-order valence-corrected chi connectivity index (χ3v) is 4.20. The Labute approximate surface area is 131 Å². The highest BCUT2D eigenvalue weighted by Gasteiger charge is 2.38. The van der Waals surface area contributed by atoms with E-state index in [1.807, 2.05) is 30.3 Å². The summed E-state index contributed by atoms with van der Waals surface area (Å²) in [6.07, 6.45) is 3.21. The second-order valence-electron chi connectivity index (χ2n) is 5.76. The molecule has 0 fully saturated rings. The molecule has 0 radical (unpaired) electrons. The lowest BCUT2D eigenvalue weighted by Crippen LogP contribution is -2.43. The highest BCUT2D eigenvalue weighted by Crippen LogP contribution is 2.34. The van der Waals surface area contributed by atoms with Gasteiger partial charge in [0, 0.05) is 0 Å². The highest BCUT2D eigenvalue weighted by atomic mass is 16.3. The Balaban J connectivity index is 2.45. The molecular formula is C19H23NO2. The summed E-state index contributed by atoms with van der Waals surface area (Å²) < 4.78 is 0. The lowest BCUT2D eigenvalue weighted by atomic mass is 9.71. The largest absolute Gasteiger partial charge is 0.508 e. The Bertz CT molecular complexity index is 607. The summed E-state index contributed by atoms with van der Waals surface area (Å²) in [5.74, 6) is -0.118. The lowest BCUT2D eigenvalue weighted by Gasteiger charge is -2.31. The molecule has 2 aromatic carbocycles. The molecule has 0 aromatic heterocycles. The first-order valence-electron chi connectivity index (χ1n) is 7.72. The van der Waals surface area contributed by atoms with Crippen LogP contribution in [0.2, 0.25) is 0 Å². The number of hydrogen-bond acceptors (Lipinski definition) is 2. The van der Waals surface area contributed by atoms with E-state index in [1.54, 1.807) is 24.3 Å². The van der Waals surface area contributed by atoms with Crippen molar-refractivity contribution in [3.8, 4) is 5.75 Å². The van der Waals surface area contributed by atoms with Crippen LogP contribution in [0.15, 0.2) is 54.6 Å². The number of amides is 1. The molecule has 0 saturated carbocycles. The van der Waals surface area contributed by atoms with Crippen LogP contribution in [0.5, 0.6) is 5.75 Å². The van der Waals surface area contributed by atoms with Gasteiger partial charge in [0.15, 0.2) is 0 Å². The fraction of sp³-hybridized carbons (Fsp3) is 0.316. The van der Waals surface area contributed by atoms with Crippen LogP contribution in [0.25, 0.3) is 0 Å².